The highest BCUT2D eigenvalue weighted by atomic mass is 19.1. The number of nitrogens with zero attached hydrogens (tertiary/aromatic N) is 4. The molecule has 0 spiro atoms. The van der Waals surface area contributed by atoms with Crippen LogP contribution < -0.4 is 10.5 Å². The van der Waals surface area contributed by atoms with Gasteiger partial charge >= 0.3 is 0 Å². The fraction of sp³-hybridized carbons (Fsp3) is 0.389. The average molecular weight is 344 g/mol. The van der Waals surface area contributed by atoms with E-state index in [1.54, 1.807) is 34.2 Å². The maximum absolute atomic E-state index is 13.9. The maximum Gasteiger partial charge on any atom is 0.269 e. The number of halogens is 1. The van der Waals surface area contributed by atoms with E-state index in [9.17, 15) is 14.0 Å². The molecule has 1 fully saturated rings. The van der Waals surface area contributed by atoms with Crippen molar-refractivity contribution >= 4 is 11.6 Å². The van der Waals surface area contributed by atoms with Crippen LogP contribution in [0.4, 0.5) is 10.1 Å². The first-order chi connectivity index (χ1) is 12.0. The molecule has 2 aromatic rings. The van der Waals surface area contributed by atoms with E-state index >= 15 is 0 Å². The van der Waals surface area contributed by atoms with Crippen LogP contribution in [-0.2, 0) is 11.3 Å². The number of likely N-dealkylation sites (tertiary alicyclic amines) is 1. The molecular weight excluding hydrogens is 323 g/mol. The summed E-state index contributed by atoms with van der Waals surface area (Å²) >= 11 is 0. The van der Waals surface area contributed by atoms with Crippen molar-refractivity contribution in [3.8, 4) is 0 Å². The highest BCUT2D eigenvalue weighted by Gasteiger charge is 2.29. The summed E-state index contributed by atoms with van der Waals surface area (Å²) in [7, 11) is 3.64. The number of carbonyl (C=O) groups is 1. The Labute approximate surface area is 145 Å². The Morgan fingerprint density at radius 2 is 2.12 bits per heavy atom. The summed E-state index contributed by atoms with van der Waals surface area (Å²) in [6.45, 7) is 0.920. The van der Waals surface area contributed by atoms with Crippen molar-refractivity contribution in [2.45, 2.75) is 18.9 Å². The lowest BCUT2D eigenvalue weighted by atomic mass is 9.98. The fourth-order valence-corrected chi connectivity index (χ4v) is 3.06. The molecular formula is C18H21FN4O2. The first-order valence-electron chi connectivity index (χ1n) is 8.22. The van der Waals surface area contributed by atoms with Crippen LogP contribution in [0.1, 0.15) is 17.9 Å². The summed E-state index contributed by atoms with van der Waals surface area (Å²) in [5.74, 6) is -0.420. The van der Waals surface area contributed by atoms with Gasteiger partial charge in [-0.3, -0.25) is 9.59 Å². The van der Waals surface area contributed by atoms with Gasteiger partial charge in [-0.15, -0.1) is 0 Å². The number of carbonyl (C=O) groups excluding carboxylic acids is 1. The molecule has 0 radical (unpaired) electrons. The normalized spacial score (nSPS) is 16.9. The Kier molecular flexibility index (Phi) is 4.83. The molecule has 2 heterocycles. The lowest BCUT2D eigenvalue weighted by Crippen LogP contribution is -2.36. The molecule has 132 valence electrons. The standard InChI is InChI=1S/C18H21FN4O2/c1-21(2)14-9-17(24)23(20-10-14)12-18(25)22-8-7-13(11-22)15-5-3-4-6-16(15)19/h3-6,9-10,13H,7-8,11-12H2,1-2H3/t13-/m1/s1. The van der Waals surface area contributed by atoms with E-state index in [1.165, 1.54) is 12.1 Å². The van der Waals surface area contributed by atoms with Crippen LogP contribution in [0.25, 0.3) is 0 Å². The van der Waals surface area contributed by atoms with Crippen LogP contribution in [0, 0.1) is 5.82 Å². The van der Waals surface area contributed by atoms with Crippen molar-refractivity contribution in [1.82, 2.24) is 14.7 Å². The van der Waals surface area contributed by atoms with Gasteiger partial charge < -0.3 is 9.80 Å². The zero-order chi connectivity index (χ0) is 18.0. The zero-order valence-corrected chi connectivity index (χ0v) is 14.4. The molecule has 25 heavy (non-hydrogen) atoms. The number of amides is 1. The molecule has 6 nitrogen and oxygen atoms in total. The van der Waals surface area contributed by atoms with Gasteiger partial charge in [-0.1, -0.05) is 18.2 Å². The van der Waals surface area contributed by atoms with Gasteiger partial charge in [-0.25, -0.2) is 9.07 Å². The van der Waals surface area contributed by atoms with Gasteiger partial charge in [0.1, 0.15) is 12.4 Å². The second-order valence-electron chi connectivity index (χ2n) is 6.45. The van der Waals surface area contributed by atoms with Crippen molar-refractivity contribution < 1.29 is 9.18 Å². The summed E-state index contributed by atoms with van der Waals surface area (Å²) in [5.41, 5.74) is 1.02. The molecule has 1 aliphatic heterocycles. The minimum Gasteiger partial charge on any atom is -0.376 e. The van der Waals surface area contributed by atoms with E-state index in [1.807, 2.05) is 14.1 Å². The monoisotopic (exact) mass is 344 g/mol. The Morgan fingerprint density at radius 1 is 1.36 bits per heavy atom. The van der Waals surface area contributed by atoms with Gasteiger partial charge in [-0.2, -0.15) is 5.10 Å². The lowest BCUT2D eigenvalue weighted by Gasteiger charge is -2.18. The summed E-state index contributed by atoms with van der Waals surface area (Å²) < 4.78 is 15.1. The number of benzene rings is 1. The van der Waals surface area contributed by atoms with Crippen LogP contribution >= 0.6 is 0 Å². The third-order valence-electron chi connectivity index (χ3n) is 4.54. The van der Waals surface area contributed by atoms with Crippen molar-refractivity contribution in [1.29, 1.82) is 0 Å². The highest BCUT2D eigenvalue weighted by molar-refractivity contribution is 5.76. The molecule has 1 aromatic heterocycles. The molecule has 1 aliphatic rings. The molecule has 0 saturated carbocycles. The molecule has 0 unspecified atom stereocenters. The summed E-state index contributed by atoms with van der Waals surface area (Å²) in [6.07, 6.45) is 2.27. The van der Waals surface area contributed by atoms with Gasteiger partial charge in [0.25, 0.3) is 5.56 Å². The van der Waals surface area contributed by atoms with Crippen LogP contribution in [0.5, 0.6) is 0 Å². The highest BCUT2D eigenvalue weighted by Crippen LogP contribution is 2.28. The Bertz CT molecular complexity index is 834. The third-order valence-corrected chi connectivity index (χ3v) is 4.54. The number of hydrogen-bond donors (Lipinski definition) is 0. The number of aromatic nitrogens is 2. The lowest BCUT2D eigenvalue weighted by molar-refractivity contribution is -0.131. The van der Waals surface area contributed by atoms with Gasteiger partial charge in [0, 0.05) is 39.2 Å². The predicted molar refractivity (Wildman–Crippen MR) is 93.2 cm³/mol. The molecule has 0 N–H and O–H groups in total. The predicted octanol–water partition coefficient (Wildman–Crippen LogP) is 1.46. The maximum atomic E-state index is 13.9. The molecule has 1 atom stereocenters. The molecule has 0 bridgehead atoms. The first kappa shape index (κ1) is 17.1. The second-order valence-corrected chi connectivity index (χ2v) is 6.45. The van der Waals surface area contributed by atoms with Gasteiger partial charge in [-0.05, 0) is 18.1 Å². The van der Waals surface area contributed by atoms with Crippen molar-refractivity contribution in [2.24, 2.45) is 0 Å². The zero-order valence-electron chi connectivity index (χ0n) is 14.4. The average Bonchev–Trinajstić information content (AvgIpc) is 3.07. The first-order valence-corrected chi connectivity index (χ1v) is 8.22. The fourth-order valence-electron chi connectivity index (χ4n) is 3.06. The van der Waals surface area contributed by atoms with Gasteiger partial charge in [0.15, 0.2) is 0 Å². The summed E-state index contributed by atoms with van der Waals surface area (Å²) in [4.78, 5) is 28.0. The number of rotatable bonds is 4. The third kappa shape index (κ3) is 3.70. The molecule has 7 heteroatoms. The largest absolute Gasteiger partial charge is 0.376 e. The van der Waals surface area contributed by atoms with Gasteiger partial charge in [0.2, 0.25) is 5.91 Å². The van der Waals surface area contributed by atoms with Crippen LogP contribution in [0.2, 0.25) is 0 Å². The quantitative estimate of drug-likeness (QED) is 0.843. The Balaban J connectivity index is 1.67. The summed E-state index contributed by atoms with van der Waals surface area (Å²) in [5, 5.41) is 4.06. The molecule has 1 saturated heterocycles. The van der Waals surface area contributed by atoms with E-state index in [4.69, 9.17) is 0 Å². The van der Waals surface area contributed by atoms with Crippen LogP contribution in [-0.4, -0.2) is 47.8 Å². The number of hydrogen-bond acceptors (Lipinski definition) is 4. The van der Waals surface area contributed by atoms with Crippen LogP contribution in [0.3, 0.4) is 0 Å². The molecule has 0 aliphatic carbocycles. The Hall–Kier alpha value is -2.70. The SMILES string of the molecule is CN(C)c1cnn(CC(=O)N2CC[C@@H](c3ccccc3F)C2)c(=O)c1. The minimum absolute atomic E-state index is 0.00838. The number of anilines is 1. The Morgan fingerprint density at radius 3 is 2.80 bits per heavy atom. The molecule has 3 rings (SSSR count). The smallest absolute Gasteiger partial charge is 0.269 e. The van der Waals surface area contributed by atoms with E-state index in [2.05, 4.69) is 5.10 Å². The van der Waals surface area contributed by atoms with E-state index in [0.717, 1.165) is 4.68 Å². The van der Waals surface area contributed by atoms with Crippen LogP contribution in [0.15, 0.2) is 41.3 Å². The van der Waals surface area contributed by atoms with E-state index in [-0.39, 0.29) is 29.7 Å². The molecule has 1 amide bonds. The topological polar surface area (TPSA) is 58.4 Å². The van der Waals surface area contributed by atoms with Crippen molar-refractivity contribution in [3.05, 3.63) is 58.3 Å². The van der Waals surface area contributed by atoms with E-state index < -0.39 is 0 Å². The second kappa shape index (κ2) is 7.04. The molecule has 1 aromatic carbocycles. The van der Waals surface area contributed by atoms with Gasteiger partial charge in [0.05, 0.1) is 11.9 Å². The van der Waals surface area contributed by atoms with Crippen molar-refractivity contribution in [2.75, 3.05) is 32.1 Å². The van der Waals surface area contributed by atoms with Crippen molar-refractivity contribution in [3.63, 3.8) is 0 Å². The minimum atomic E-state index is -0.315. The summed E-state index contributed by atoms with van der Waals surface area (Å²) in [6, 6.07) is 8.12. The van der Waals surface area contributed by atoms with E-state index in [0.29, 0.717) is 30.8 Å².